The predicted octanol–water partition coefficient (Wildman–Crippen LogP) is 11.4. The van der Waals surface area contributed by atoms with Crippen molar-refractivity contribution in [2.24, 2.45) is 0 Å². The van der Waals surface area contributed by atoms with Crippen LogP contribution in [0.1, 0.15) is 5.56 Å². The summed E-state index contributed by atoms with van der Waals surface area (Å²) in [5.74, 6) is 1.83. The van der Waals surface area contributed by atoms with Gasteiger partial charge in [-0.2, -0.15) is 5.26 Å². The van der Waals surface area contributed by atoms with Gasteiger partial charge in [-0.05, 0) is 60.2 Å². The number of para-hydroxylation sites is 2. The number of nitrogens with zero attached hydrogens (tertiary/aromatic N) is 5. The lowest BCUT2D eigenvalue weighted by Crippen LogP contribution is -2.00. The number of benzene rings is 7. The van der Waals surface area contributed by atoms with Gasteiger partial charge in [0.15, 0.2) is 17.5 Å². The van der Waals surface area contributed by atoms with Gasteiger partial charge in [-0.25, -0.2) is 15.0 Å². The van der Waals surface area contributed by atoms with E-state index in [1.807, 2.05) is 103 Å². The molecule has 0 aliphatic rings. The van der Waals surface area contributed by atoms with Crippen LogP contribution in [0.2, 0.25) is 0 Å². The molecule has 10 aromatic rings. The van der Waals surface area contributed by atoms with Crippen LogP contribution in [0, 0.1) is 11.3 Å². The minimum Gasteiger partial charge on any atom is -0.456 e. The zero-order valence-electron chi connectivity index (χ0n) is 27.7. The van der Waals surface area contributed by atoms with Gasteiger partial charge in [-0.1, -0.05) is 109 Å². The monoisotopic (exact) mass is 665 g/mol. The molecule has 0 N–H and O–H groups in total. The molecule has 0 spiro atoms. The lowest BCUT2D eigenvalue weighted by Gasteiger charge is -2.16. The Morgan fingerprint density at radius 3 is 1.75 bits per heavy atom. The summed E-state index contributed by atoms with van der Waals surface area (Å²) in [4.78, 5) is 14.9. The van der Waals surface area contributed by atoms with E-state index in [1.165, 1.54) is 0 Å². The van der Waals surface area contributed by atoms with Crippen molar-refractivity contribution in [2.45, 2.75) is 0 Å². The average Bonchev–Trinajstić information content (AvgIpc) is 3.76. The number of aromatic nitrogens is 4. The molecule has 0 atom stereocenters. The van der Waals surface area contributed by atoms with Crippen LogP contribution >= 0.6 is 0 Å². The van der Waals surface area contributed by atoms with Crippen molar-refractivity contribution in [3.05, 3.63) is 169 Å². The first-order chi connectivity index (χ1) is 25.7. The molecule has 3 aromatic heterocycles. The van der Waals surface area contributed by atoms with Crippen LogP contribution in [0.15, 0.2) is 168 Å². The average molecular weight is 666 g/mol. The van der Waals surface area contributed by atoms with Gasteiger partial charge in [0.2, 0.25) is 0 Å². The fraction of sp³-hybridized carbons (Fsp3) is 0. The van der Waals surface area contributed by atoms with E-state index in [1.54, 1.807) is 0 Å². The van der Waals surface area contributed by atoms with Crippen LogP contribution in [-0.2, 0) is 0 Å². The second kappa shape index (κ2) is 11.9. The summed E-state index contributed by atoms with van der Waals surface area (Å²) in [6.45, 7) is 0. The minimum atomic E-state index is 0.597. The molecule has 0 amide bonds. The number of fused-ring (bicyclic) bond motifs is 6. The lowest BCUT2D eigenvalue weighted by molar-refractivity contribution is 0.669. The number of nitriles is 1. The van der Waals surface area contributed by atoms with Crippen molar-refractivity contribution < 1.29 is 4.42 Å². The van der Waals surface area contributed by atoms with Crippen molar-refractivity contribution in [1.82, 2.24) is 19.5 Å². The Labute approximate surface area is 298 Å². The molecular formula is C46H27N5O. The molecule has 0 saturated heterocycles. The Balaban J connectivity index is 1.19. The zero-order chi connectivity index (χ0) is 34.6. The van der Waals surface area contributed by atoms with Crippen LogP contribution in [-0.4, -0.2) is 19.5 Å². The van der Waals surface area contributed by atoms with E-state index in [9.17, 15) is 5.26 Å². The van der Waals surface area contributed by atoms with E-state index >= 15 is 0 Å². The summed E-state index contributed by atoms with van der Waals surface area (Å²) >= 11 is 0. The summed E-state index contributed by atoms with van der Waals surface area (Å²) in [5.41, 5.74) is 9.75. The molecule has 0 radical (unpaired) electrons. The molecule has 6 nitrogen and oxygen atoms in total. The van der Waals surface area contributed by atoms with E-state index in [4.69, 9.17) is 19.4 Å². The predicted molar refractivity (Wildman–Crippen MR) is 208 cm³/mol. The summed E-state index contributed by atoms with van der Waals surface area (Å²) in [5, 5.41) is 14.7. The molecule has 3 heterocycles. The van der Waals surface area contributed by atoms with Gasteiger partial charge in [0, 0.05) is 43.8 Å². The number of rotatable bonds is 5. The fourth-order valence-electron chi connectivity index (χ4n) is 7.31. The van der Waals surface area contributed by atoms with Crippen LogP contribution in [0.4, 0.5) is 0 Å². The SMILES string of the molecule is N#Cc1cccc(-n2c3ccccc3c3cc(-c4nc(-c5ccccc5)nc(-c5ccccc5)n4)ccc32)c1-c1ccc2oc3ccccc3c2c1. The van der Waals surface area contributed by atoms with E-state index < -0.39 is 0 Å². The molecule has 52 heavy (non-hydrogen) atoms. The van der Waals surface area contributed by atoms with Gasteiger partial charge in [0.25, 0.3) is 0 Å². The first-order valence-corrected chi connectivity index (χ1v) is 17.1. The quantitative estimate of drug-likeness (QED) is 0.183. The van der Waals surface area contributed by atoms with Gasteiger partial charge in [0.05, 0.1) is 28.4 Å². The fourth-order valence-corrected chi connectivity index (χ4v) is 7.31. The largest absolute Gasteiger partial charge is 0.456 e. The summed E-state index contributed by atoms with van der Waals surface area (Å²) in [6.07, 6.45) is 0. The Kier molecular flexibility index (Phi) is 6.76. The first-order valence-electron chi connectivity index (χ1n) is 17.1. The van der Waals surface area contributed by atoms with Crippen molar-refractivity contribution in [1.29, 1.82) is 5.26 Å². The standard InChI is InChI=1S/C46H27N5O/c47-28-33-16-11-20-40(43(33)31-23-25-42-37(26-31)35-18-8-10-21-41(35)52-42)51-38-19-9-7-17-34(38)36-27-32(22-24-39(36)51)46-49-44(29-12-3-1-4-13-29)48-45(50-46)30-14-5-2-6-15-30/h1-27H. The molecular weight excluding hydrogens is 639 g/mol. The molecule has 7 aromatic carbocycles. The highest BCUT2D eigenvalue weighted by atomic mass is 16.3. The van der Waals surface area contributed by atoms with Crippen molar-refractivity contribution in [3.8, 4) is 57.0 Å². The van der Waals surface area contributed by atoms with Crippen molar-refractivity contribution >= 4 is 43.7 Å². The molecule has 10 rings (SSSR count). The highest BCUT2D eigenvalue weighted by Crippen LogP contribution is 2.41. The summed E-state index contributed by atoms with van der Waals surface area (Å²) < 4.78 is 8.41. The van der Waals surface area contributed by atoms with E-state index in [2.05, 4.69) is 71.3 Å². The maximum Gasteiger partial charge on any atom is 0.164 e. The van der Waals surface area contributed by atoms with Crippen LogP contribution in [0.25, 0.3) is 94.7 Å². The number of hydrogen-bond donors (Lipinski definition) is 0. The zero-order valence-corrected chi connectivity index (χ0v) is 27.7. The highest BCUT2D eigenvalue weighted by molar-refractivity contribution is 6.11. The Bertz CT molecular complexity index is 2970. The summed E-state index contributed by atoms with van der Waals surface area (Å²) in [6, 6.07) is 57.5. The van der Waals surface area contributed by atoms with Gasteiger partial charge in [-0.15, -0.1) is 0 Å². The maximum atomic E-state index is 10.4. The number of hydrogen-bond acceptors (Lipinski definition) is 5. The van der Waals surface area contributed by atoms with E-state index in [-0.39, 0.29) is 0 Å². The van der Waals surface area contributed by atoms with Crippen LogP contribution < -0.4 is 0 Å². The van der Waals surface area contributed by atoms with Gasteiger partial charge >= 0.3 is 0 Å². The smallest absolute Gasteiger partial charge is 0.164 e. The van der Waals surface area contributed by atoms with Gasteiger partial charge in [-0.3, -0.25) is 0 Å². The third-order valence-electron chi connectivity index (χ3n) is 9.70. The third kappa shape index (κ3) is 4.76. The second-order valence-electron chi connectivity index (χ2n) is 12.7. The molecule has 0 saturated carbocycles. The van der Waals surface area contributed by atoms with Crippen molar-refractivity contribution in [3.63, 3.8) is 0 Å². The van der Waals surface area contributed by atoms with Gasteiger partial charge < -0.3 is 8.98 Å². The normalized spacial score (nSPS) is 11.4. The van der Waals surface area contributed by atoms with Crippen molar-refractivity contribution in [2.75, 3.05) is 0 Å². The number of furan rings is 1. The summed E-state index contributed by atoms with van der Waals surface area (Å²) in [7, 11) is 0. The topological polar surface area (TPSA) is 80.5 Å². The van der Waals surface area contributed by atoms with Crippen LogP contribution in [0.5, 0.6) is 0 Å². The molecule has 0 aliphatic carbocycles. The second-order valence-corrected chi connectivity index (χ2v) is 12.7. The highest BCUT2D eigenvalue weighted by Gasteiger charge is 2.20. The lowest BCUT2D eigenvalue weighted by atomic mass is 9.96. The Morgan fingerprint density at radius 2 is 1.02 bits per heavy atom. The first kappa shape index (κ1) is 29.5. The maximum absolute atomic E-state index is 10.4. The molecule has 0 bridgehead atoms. The third-order valence-corrected chi connectivity index (χ3v) is 9.70. The molecule has 242 valence electrons. The van der Waals surface area contributed by atoms with E-state index in [0.717, 1.165) is 77.2 Å². The molecule has 0 unspecified atom stereocenters. The molecule has 0 aliphatic heterocycles. The molecule has 6 heteroatoms. The van der Waals surface area contributed by atoms with Crippen LogP contribution in [0.3, 0.4) is 0 Å². The Morgan fingerprint density at radius 1 is 0.442 bits per heavy atom. The van der Waals surface area contributed by atoms with E-state index in [0.29, 0.717) is 23.0 Å². The molecule has 0 fully saturated rings. The van der Waals surface area contributed by atoms with Gasteiger partial charge in [0.1, 0.15) is 11.2 Å². The Hall–Kier alpha value is -7.36. The minimum absolute atomic E-state index is 0.597.